The zero-order chi connectivity index (χ0) is 18.1. The predicted molar refractivity (Wildman–Crippen MR) is 104 cm³/mol. The third kappa shape index (κ3) is 7.01. The van der Waals surface area contributed by atoms with Gasteiger partial charge in [0.1, 0.15) is 0 Å². The summed E-state index contributed by atoms with van der Waals surface area (Å²) in [5.74, 6) is -0.0485. The number of anilines is 1. The van der Waals surface area contributed by atoms with Crippen molar-refractivity contribution in [3.63, 3.8) is 0 Å². The Balaban J connectivity index is 1.71. The molecule has 132 valence electrons. The maximum Gasteiger partial charge on any atom is 0.233 e. The van der Waals surface area contributed by atoms with Crippen LogP contribution in [0.15, 0.2) is 59.5 Å². The lowest BCUT2D eigenvalue weighted by Crippen LogP contribution is -2.31. The molecule has 0 saturated carbocycles. The Hall–Kier alpha value is -2.27. The minimum absolute atomic E-state index is 0.0454. The van der Waals surface area contributed by atoms with Gasteiger partial charge in [-0.05, 0) is 49.6 Å². The van der Waals surface area contributed by atoms with E-state index in [0.717, 1.165) is 23.4 Å². The Bertz CT molecular complexity index is 687. The molecular formula is C20H24N2O2S. The van der Waals surface area contributed by atoms with Crippen LogP contribution >= 0.6 is 11.8 Å². The molecule has 1 atom stereocenters. The molecule has 0 saturated heterocycles. The van der Waals surface area contributed by atoms with Gasteiger partial charge in [0.2, 0.25) is 11.8 Å². The highest BCUT2D eigenvalue weighted by Gasteiger charge is 2.13. The number of hydrogen-bond acceptors (Lipinski definition) is 3. The fraction of sp³-hybridized carbons (Fsp3) is 0.300. The molecule has 0 aliphatic heterocycles. The highest BCUT2D eigenvalue weighted by Crippen LogP contribution is 2.24. The number of carbonyl (C=O) groups is 2. The number of benzene rings is 2. The summed E-state index contributed by atoms with van der Waals surface area (Å²) >= 11 is 1.51. The molecule has 0 spiro atoms. The number of hydrogen-bond donors (Lipinski definition) is 2. The van der Waals surface area contributed by atoms with Crippen molar-refractivity contribution in [3.05, 3.63) is 60.2 Å². The van der Waals surface area contributed by atoms with Gasteiger partial charge in [-0.3, -0.25) is 9.59 Å². The molecule has 0 aromatic heterocycles. The first-order chi connectivity index (χ1) is 12.0. The Morgan fingerprint density at radius 1 is 1.04 bits per heavy atom. The normalized spacial score (nSPS) is 11.6. The van der Waals surface area contributed by atoms with E-state index in [-0.39, 0.29) is 17.1 Å². The largest absolute Gasteiger partial charge is 0.355 e. The molecule has 25 heavy (non-hydrogen) atoms. The maximum atomic E-state index is 12.2. The van der Waals surface area contributed by atoms with Crippen molar-refractivity contribution in [3.8, 4) is 0 Å². The minimum Gasteiger partial charge on any atom is -0.355 e. The van der Waals surface area contributed by atoms with E-state index in [1.165, 1.54) is 24.2 Å². The number of nitrogens with one attached hydrogen (secondary N) is 2. The molecule has 2 aromatic rings. The number of amides is 2. The zero-order valence-corrected chi connectivity index (χ0v) is 15.4. The van der Waals surface area contributed by atoms with E-state index >= 15 is 0 Å². The predicted octanol–water partition coefficient (Wildman–Crippen LogP) is 3.87. The summed E-state index contributed by atoms with van der Waals surface area (Å²) in [6.07, 6.45) is 1.89. The van der Waals surface area contributed by atoms with Gasteiger partial charge >= 0.3 is 0 Å². The molecule has 0 aliphatic rings. The van der Waals surface area contributed by atoms with E-state index in [0.29, 0.717) is 6.54 Å². The van der Waals surface area contributed by atoms with E-state index in [4.69, 9.17) is 0 Å². The summed E-state index contributed by atoms with van der Waals surface area (Å²) in [5, 5.41) is 5.56. The second-order valence-corrected chi connectivity index (χ2v) is 7.26. The van der Waals surface area contributed by atoms with Crippen molar-refractivity contribution >= 4 is 29.3 Å². The Morgan fingerprint density at radius 3 is 2.36 bits per heavy atom. The van der Waals surface area contributed by atoms with Gasteiger partial charge in [0, 0.05) is 24.1 Å². The SMILES string of the molecule is CC(=O)Nc1ccc(SC(C)C(=O)NCCCc2ccccc2)cc1. The lowest BCUT2D eigenvalue weighted by molar-refractivity contribution is -0.120. The van der Waals surface area contributed by atoms with Gasteiger partial charge in [0.05, 0.1) is 5.25 Å². The van der Waals surface area contributed by atoms with Gasteiger partial charge in [-0.15, -0.1) is 11.8 Å². The van der Waals surface area contributed by atoms with E-state index in [1.54, 1.807) is 0 Å². The lowest BCUT2D eigenvalue weighted by Gasteiger charge is -2.12. The molecule has 4 nitrogen and oxygen atoms in total. The minimum atomic E-state index is -0.164. The Morgan fingerprint density at radius 2 is 1.72 bits per heavy atom. The van der Waals surface area contributed by atoms with Crippen molar-refractivity contribution in [1.82, 2.24) is 5.32 Å². The van der Waals surface area contributed by atoms with Gasteiger partial charge in [-0.25, -0.2) is 0 Å². The first-order valence-electron chi connectivity index (χ1n) is 8.40. The first kappa shape index (κ1) is 19.1. The van der Waals surface area contributed by atoms with E-state index < -0.39 is 0 Å². The average molecular weight is 356 g/mol. The third-order valence-electron chi connectivity index (χ3n) is 3.64. The molecule has 5 heteroatoms. The fourth-order valence-electron chi connectivity index (χ4n) is 2.37. The van der Waals surface area contributed by atoms with Crippen LogP contribution in [0.1, 0.15) is 25.8 Å². The summed E-state index contributed by atoms with van der Waals surface area (Å²) in [7, 11) is 0. The quantitative estimate of drug-likeness (QED) is 0.557. The van der Waals surface area contributed by atoms with Crippen molar-refractivity contribution in [2.75, 3.05) is 11.9 Å². The van der Waals surface area contributed by atoms with Crippen molar-refractivity contribution in [2.24, 2.45) is 0 Å². The van der Waals surface area contributed by atoms with Gasteiger partial charge in [0.25, 0.3) is 0 Å². The molecule has 2 aromatic carbocycles. The molecule has 2 amide bonds. The van der Waals surface area contributed by atoms with Crippen molar-refractivity contribution in [2.45, 2.75) is 36.8 Å². The summed E-state index contributed by atoms with van der Waals surface area (Å²) in [6.45, 7) is 4.06. The summed E-state index contributed by atoms with van der Waals surface area (Å²) in [5.41, 5.74) is 2.05. The van der Waals surface area contributed by atoms with Crippen LogP contribution in [0.3, 0.4) is 0 Å². The van der Waals surface area contributed by atoms with Crippen LogP contribution in [0.4, 0.5) is 5.69 Å². The van der Waals surface area contributed by atoms with Gasteiger partial charge in [-0.2, -0.15) is 0 Å². The second kappa shape index (κ2) is 9.89. The van der Waals surface area contributed by atoms with Gasteiger partial charge in [0.15, 0.2) is 0 Å². The summed E-state index contributed by atoms with van der Waals surface area (Å²) in [6, 6.07) is 17.8. The van der Waals surface area contributed by atoms with Crippen LogP contribution in [-0.4, -0.2) is 23.6 Å². The van der Waals surface area contributed by atoms with Crippen LogP contribution in [0.2, 0.25) is 0 Å². The van der Waals surface area contributed by atoms with Crippen LogP contribution in [-0.2, 0) is 16.0 Å². The Labute approximate surface area is 153 Å². The lowest BCUT2D eigenvalue weighted by atomic mass is 10.1. The molecule has 0 bridgehead atoms. The molecule has 0 fully saturated rings. The molecule has 0 aliphatic carbocycles. The standard InChI is InChI=1S/C20H24N2O2S/c1-15(25-19-12-10-18(11-13-19)22-16(2)23)20(24)21-14-6-9-17-7-4-3-5-8-17/h3-5,7-8,10-13,15H,6,9,14H2,1-2H3,(H,21,24)(H,22,23). The summed E-state index contributed by atoms with van der Waals surface area (Å²) in [4.78, 5) is 24.2. The molecule has 0 radical (unpaired) electrons. The number of carbonyl (C=O) groups excluding carboxylic acids is 2. The molecular weight excluding hydrogens is 332 g/mol. The van der Waals surface area contributed by atoms with Crippen molar-refractivity contribution < 1.29 is 9.59 Å². The monoisotopic (exact) mass is 356 g/mol. The van der Waals surface area contributed by atoms with Crippen LogP contribution in [0.5, 0.6) is 0 Å². The van der Waals surface area contributed by atoms with E-state index in [9.17, 15) is 9.59 Å². The number of rotatable bonds is 8. The van der Waals surface area contributed by atoms with Gasteiger partial charge < -0.3 is 10.6 Å². The van der Waals surface area contributed by atoms with Crippen LogP contribution < -0.4 is 10.6 Å². The number of aryl methyl sites for hydroxylation is 1. The smallest absolute Gasteiger partial charge is 0.233 e. The topological polar surface area (TPSA) is 58.2 Å². The molecule has 2 N–H and O–H groups in total. The molecule has 1 unspecified atom stereocenters. The third-order valence-corrected chi connectivity index (χ3v) is 4.75. The van der Waals surface area contributed by atoms with E-state index in [2.05, 4.69) is 22.8 Å². The summed E-state index contributed by atoms with van der Waals surface area (Å²) < 4.78 is 0. The number of thioether (sulfide) groups is 1. The fourth-order valence-corrected chi connectivity index (χ4v) is 3.26. The average Bonchev–Trinajstić information content (AvgIpc) is 2.60. The second-order valence-electron chi connectivity index (χ2n) is 5.85. The van der Waals surface area contributed by atoms with Crippen LogP contribution in [0, 0.1) is 0 Å². The van der Waals surface area contributed by atoms with Gasteiger partial charge in [-0.1, -0.05) is 30.3 Å². The molecule has 0 heterocycles. The van der Waals surface area contributed by atoms with Crippen LogP contribution in [0.25, 0.3) is 0 Å². The van der Waals surface area contributed by atoms with Crippen molar-refractivity contribution in [1.29, 1.82) is 0 Å². The Kier molecular flexibility index (Phi) is 7.54. The first-order valence-corrected chi connectivity index (χ1v) is 9.28. The highest BCUT2D eigenvalue weighted by atomic mass is 32.2. The molecule has 2 rings (SSSR count). The maximum absolute atomic E-state index is 12.2. The zero-order valence-electron chi connectivity index (χ0n) is 14.6. The van der Waals surface area contributed by atoms with E-state index in [1.807, 2.05) is 49.4 Å². The highest BCUT2D eigenvalue weighted by molar-refractivity contribution is 8.00.